The maximum atomic E-state index is 11.2. The van der Waals surface area contributed by atoms with E-state index in [4.69, 9.17) is 19.6 Å². The van der Waals surface area contributed by atoms with Gasteiger partial charge in [0.2, 0.25) is 0 Å². The molecule has 18 heavy (non-hydrogen) atoms. The van der Waals surface area contributed by atoms with Crippen LogP contribution in [-0.2, 0) is 9.13 Å². The fraction of sp³-hybridized carbons (Fsp3) is 1.00. The Balaban J connectivity index is 0.00000289. The van der Waals surface area contributed by atoms with Crippen LogP contribution in [0.1, 0.15) is 12.8 Å². The van der Waals surface area contributed by atoms with Crippen LogP contribution < -0.4 is 12.4 Å². The van der Waals surface area contributed by atoms with Crippen LogP contribution in [0.4, 0.5) is 0 Å². The van der Waals surface area contributed by atoms with E-state index in [1.807, 2.05) is 14.1 Å². The van der Waals surface area contributed by atoms with E-state index < -0.39 is 26.5 Å². The summed E-state index contributed by atoms with van der Waals surface area (Å²) < 4.78 is 23.2. The summed E-state index contributed by atoms with van der Waals surface area (Å²) in [7, 11) is -5.58. The molecule has 1 aliphatic heterocycles. The summed E-state index contributed by atoms with van der Waals surface area (Å²) in [5.41, 5.74) is 0. The molecule has 0 aromatic carbocycles. The minimum Gasteiger partial charge on any atom is -1.00 e. The van der Waals surface area contributed by atoms with Gasteiger partial charge < -0.3 is 36.5 Å². The molecule has 1 aliphatic rings. The van der Waals surface area contributed by atoms with E-state index in [9.17, 15) is 9.13 Å². The highest BCUT2D eigenvalue weighted by atomic mass is 35.5. The molecule has 110 valence electrons. The third-order valence-electron chi connectivity index (χ3n) is 3.32. The Hall–Kier alpha value is 0.550. The molecule has 0 spiro atoms. The number of piperidine rings is 1. The molecular formula is C8H20ClNO6P2. The van der Waals surface area contributed by atoms with E-state index in [1.165, 1.54) is 0 Å². The number of quaternary nitrogens is 1. The molecule has 0 bridgehead atoms. The monoisotopic (exact) mass is 323 g/mol. The van der Waals surface area contributed by atoms with Gasteiger partial charge in [-0.2, -0.15) is 0 Å². The van der Waals surface area contributed by atoms with E-state index >= 15 is 0 Å². The van der Waals surface area contributed by atoms with Crippen LogP contribution in [0.25, 0.3) is 0 Å². The van der Waals surface area contributed by atoms with Crippen molar-refractivity contribution in [3.63, 3.8) is 0 Å². The third-order valence-corrected chi connectivity index (χ3v) is 7.35. The van der Waals surface area contributed by atoms with Gasteiger partial charge in [0.25, 0.3) is 0 Å². The van der Waals surface area contributed by atoms with Gasteiger partial charge in [-0.25, -0.2) is 0 Å². The Morgan fingerprint density at radius 3 is 1.61 bits per heavy atom. The quantitative estimate of drug-likeness (QED) is 0.328. The second kappa shape index (κ2) is 5.90. The van der Waals surface area contributed by atoms with Crippen molar-refractivity contribution in [3.05, 3.63) is 0 Å². The molecule has 0 aliphatic carbocycles. The lowest BCUT2D eigenvalue weighted by Gasteiger charge is -2.39. The van der Waals surface area contributed by atoms with Gasteiger partial charge in [-0.1, -0.05) is 0 Å². The standard InChI is InChI=1S/C8H19NO6P2.ClH/c1-9(2)5-3-7(4-6-9)8(16(10,11)12)17(13,14)15;/h7-8H,3-6H2,1-2H3,(H3-,10,11,12,13,14,15);1H. The second-order valence-corrected chi connectivity index (χ2v) is 9.19. The fourth-order valence-corrected chi connectivity index (χ4v) is 5.59. The number of hydrogen-bond donors (Lipinski definition) is 4. The van der Waals surface area contributed by atoms with Gasteiger partial charge in [0.15, 0.2) is 5.40 Å². The van der Waals surface area contributed by atoms with Crippen LogP contribution in [0.2, 0.25) is 0 Å². The minimum absolute atomic E-state index is 0. The molecule has 0 atom stereocenters. The molecule has 0 unspecified atom stereocenters. The lowest BCUT2D eigenvalue weighted by Crippen LogP contribution is -3.00. The summed E-state index contributed by atoms with van der Waals surface area (Å²) in [6, 6.07) is 0. The number of nitrogens with zero attached hydrogens (tertiary/aromatic N) is 1. The van der Waals surface area contributed by atoms with Crippen molar-refractivity contribution < 1.29 is 45.6 Å². The summed E-state index contributed by atoms with van der Waals surface area (Å²) in [5.74, 6) is -0.609. The minimum atomic E-state index is -4.78. The first-order chi connectivity index (χ1) is 7.43. The Labute approximate surface area is 113 Å². The summed E-state index contributed by atoms with van der Waals surface area (Å²) in [5, 5.41) is -1.84. The van der Waals surface area contributed by atoms with Crippen LogP contribution in [0.3, 0.4) is 0 Å². The van der Waals surface area contributed by atoms with Crippen molar-refractivity contribution >= 4 is 15.2 Å². The number of hydrogen-bond acceptors (Lipinski definition) is 2. The van der Waals surface area contributed by atoms with Gasteiger partial charge in [-0.15, -0.1) is 0 Å². The normalized spacial score (nSPS) is 21.7. The predicted molar refractivity (Wildman–Crippen MR) is 62.4 cm³/mol. The molecule has 4 N–H and O–H groups in total. The summed E-state index contributed by atoms with van der Waals surface area (Å²) in [6.07, 6.45) is 0.849. The zero-order chi connectivity index (χ0) is 13.5. The van der Waals surface area contributed by atoms with Gasteiger partial charge in [-0.05, 0) is 5.92 Å². The molecule has 7 nitrogen and oxygen atoms in total. The van der Waals surface area contributed by atoms with Gasteiger partial charge >= 0.3 is 15.2 Å². The first-order valence-electron chi connectivity index (χ1n) is 5.36. The molecule has 1 rings (SSSR count). The SMILES string of the molecule is C[N+]1(C)CCC(C(P(=O)(O)O)P(=O)(O)O)CC1.[Cl-]. The maximum absolute atomic E-state index is 11.2. The van der Waals surface area contributed by atoms with E-state index in [0.717, 1.165) is 0 Å². The van der Waals surface area contributed by atoms with Crippen molar-refractivity contribution in [2.24, 2.45) is 5.92 Å². The summed E-state index contributed by atoms with van der Waals surface area (Å²) in [6.45, 7) is 1.34. The van der Waals surface area contributed by atoms with Gasteiger partial charge in [0.05, 0.1) is 27.2 Å². The highest BCUT2D eigenvalue weighted by molar-refractivity contribution is 7.70. The Morgan fingerprint density at radius 1 is 1.00 bits per heavy atom. The highest BCUT2D eigenvalue weighted by Gasteiger charge is 2.50. The molecule has 0 amide bonds. The summed E-state index contributed by atoms with van der Waals surface area (Å²) in [4.78, 5) is 36.4. The molecule has 10 heteroatoms. The molecule has 1 heterocycles. The molecule has 0 aromatic heterocycles. The Morgan fingerprint density at radius 2 is 1.33 bits per heavy atom. The van der Waals surface area contributed by atoms with Crippen molar-refractivity contribution in [3.8, 4) is 0 Å². The van der Waals surface area contributed by atoms with Crippen LogP contribution in [-0.4, -0.2) is 56.6 Å². The second-order valence-electron chi connectivity index (χ2n) is 5.31. The molecule has 0 saturated carbocycles. The molecule has 1 fully saturated rings. The lowest BCUT2D eigenvalue weighted by molar-refractivity contribution is -0.896. The van der Waals surface area contributed by atoms with Gasteiger partial charge in [-0.3, -0.25) is 9.13 Å². The zero-order valence-electron chi connectivity index (χ0n) is 10.3. The van der Waals surface area contributed by atoms with Crippen molar-refractivity contribution in [1.29, 1.82) is 0 Å². The van der Waals surface area contributed by atoms with Crippen LogP contribution in [0.5, 0.6) is 0 Å². The van der Waals surface area contributed by atoms with Crippen molar-refractivity contribution in [2.75, 3.05) is 27.2 Å². The van der Waals surface area contributed by atoms with E-state index in [1.54, 1.807) is 0 Å². The van der Waals surface area contributed by atoms with E-state index in [0.29, 0.717) is 30.4 Å². The van der Waals surface area contributed by atoms with Gasteiger partial charge in [0, 0.05) is 12.8 Å². The lowest BCUT2D eigenvalue weighted by atomic mass is 9.97. The van der Waals surface area contributed by atoms with Crippen LogP contribution in [0, 0.1) is 5.92 Å². The third kappa shape index (κ3) is 4.91. The molecular weight excluding hydrogens is 303 g/mol. The number of halogens is 1. The average Bonchev–Trinajstić information content (AvgIpc) is 2.03. The van der Waals surface area contributed by atoms with E-state index in [-0.39, 0.29) is 12.4 Å². The molecule has 0 aromatic rings. The zero-order valence-corrected chi connectivity index (χ0v) is 12.9. The fourth-order valence-electron chi connectivity index (χ4n) is 2.33. The van der Waals surface area contributed by atoms with Crippen molar-refractivity contribution in [2.45, 2.75) is 18.2 Å². The highest BCUT2D eigenvalue weighted by Crippen LogP contribution is 2.64. The maximum Gasteiger partial charge on any atom is 0.340 e. The first-order valence-corrected chi connectivity index (χ1v) is 8.72. The first kappa shape index (κ1) is 18.6. The molecule has 1 saturated heterocycles. The Bertz CT molecular complexity index is 346. The van der Waals surface area contributed by atoms with Crippen LogP contribution >= 0.6 is 15.2 Å². The number of rotatable bonds is 3. The average molecular weight is 324 g/mol. The van der Waals surface area contributed by atoms with E-state index in [2.05, 4.69) is 0 Å². The predicted octanol–water partition coefficient (Wildman–Crippen LogP) is -2.84. The van der Waals surface area contributed by atoms with Crippen molar-refractivity contribution in [1.82, 2.24) is 0 Å². The number of likely N-dealkylation sites (tertiary alicyclic amines) is 1. The van der Waals surface area contributed by atoms with Crippen LogP contribution in [0.15, 0.2) is 0 Å². The largest absolute Gasteiger partial charge is 1.00 e. The Kier molecular flexibility index (Phi) is 6.08. The van der Waals surface area contributed by atoms with Gasteiger partial charge in [0.1, 0.15) is 0 Å². The molecule has 0 radical (unpaired) electrons. The summed E-state index contributed by atoms with van der Waals surface area (Å²) >= 11 is 0. The smallest absolute Gasteiger partial charge is 0.340 e. The topological polar surface area (TPSA) is 115 Å².